The molecular formula is C15H19BrFNO3. The highest BCUT2D eigenvalue weighted by molar-refractivity contribution is 9.10. The van der Waals surface area contributed by atoms with E-state index in [-0.39, 0.29) is 30.2 Å². The van der Waals surface area contributed by atoms with E-state index in [1.165, 1.54) is 11.0 Å². The molecule has 0 aliphatic rings. The largest absolute Gasteiger partial charge is 0.480 e. The number of carbonyl (C=O) groups is 2. The van der Waals surface area contributed by atoms with Crippen molar-refractivity contribution in [3.05, 3.63) is 34.1 Å². The van der Waals surface area contributed by atoms with Crippen LogP contribution in [0.15, 0.2) is 22.7 Å². The summed E-state index contributed by atoms with van der Waals surface area (Å²) in [5, 5.41) is 8.88. The van der Waals surface area contributed by atoms with Gasteiger partial charge in [0.25, 0.3) is 0 Å². The van der Waals surface area contributed by atoms with Crippen molar-refractivity contribution in [1.29, 1.82) is 0 Å². The van der Waals surface area contributed by atoms with Crippen molar-refractivity contribution >= 4 is 27.8 Å². The summed E-state index contributed by atoms with van der Waals surface area (Å²) >= 11 is 3.11. The van der Waals surface area contributed by atoms with E-state index in [0.29, 0.717) is 10.9 Å². The maximum absolute atomic E-state index is 13.2. The van der Waals surface area contributed by atoms with Gasteiger partial charge in [0, 0.05) is 12.0 Å². The zero-order valence-corrected chi connectivity index (χ0v) is 13.9. The Labute approximate surface area is 132 Å². The lowest BCUT2D eigenvalue weighted by molar-refractivity contribution is -0.147. The first-order valence-corrected chi connectivity index (χ1v) is 7.47. The summed E-state index contributed by atoms with van der Waals surface area (Å²) in [6.45, 7) is 4.99. The number of amides is 1. The van der Waals surface area contributed by atoms with Crippen LogP contribution in [0.4, 0.5) is 4.39 Å². The first-order chi connectivity index (χ1) is 9.72. The molecule has 1 aromatic carbocycles. The minimum Gasteiger partial charge on any atom is -0.480 e. The van der Waals surface area contributed by atoms with E-state index >= 15 is 0 Å². The van der Waals surface area contributed by atoms with E-state index in [1.54, 1.807) is 32.9 Å². The lowest BCUT2D eigenvalue weighted by Gasteiger charge is -2.28. The molecule has 0 radical (unpaired) electrons. The number of carbonyl (C=O) groups excluding carboxylic acids is 1. The van der Waals surface area contributed by atoms with Crippen molar-refractivity contribution in [2.75, 3.05) is 6.54 Å². The van der Waals surface area contributed by atoms with Crippen LogP contribution < -0.4 is 0 Å². The molecular weight excluding hydrogens is 341 g/mol. The Bertz CT molecular complexity index is 534. The van der Waals surface area contributed by atoms with Gasteiger partial charge in [-0.15, -0.1) is 0 Å². The van der Waals surface area contributed by atoms with Gasteiger partial charge in [0.05, 0.1) is 4.47 Å². The third kappa shape index (κ3) is 5.12. The van der Waals surface area contributed by atoms with E-state index in [1.807, 2.05) is 0 Å². The molecule has 1 unspecified atom stereocenters. The van der Waals surface area contributed by atoms with E-state index in [9.17, 15) is 14.0 Å². The first-order valence-electron chi connectivity index (χ1n) is 6.68. The van der Waals surface area contributed by atoms with Crippen molar-refractivity contribution in [1.82, 2.24) is 4.90 Å². The van der Waals surface area contributed by atoms with Crippen LogP contribution in [-0.4, -0.2) is 34.5 Å². The highest BCUT2D eigenvalue weighted by atomic mass is 79.9. The predicted molar refractivity (Wildman–Crippen MR) is 81.5 cm³/mol. The summed E-state index contributed by atoms with van der Waals surface area (Å²) < 4.78 is 13.5. The zero-order chi connectivity index (χ0) is 16.2. The van der Waals surface area contributed by atoms with Crippen LogP contribution in [0.1, 0.15) is 26.3 Å². The molecule has 0 saturated carbocycles. The summed E-state index contributed by atoms with van der Waals surface area (Å²) in [4.78, 5) is 24.5. The number of hydrogen-bond donors (Lipinski definition) is 1. The number of carboxylic acids is 1. The van der Waals surface area contributed by atoms with Crippen LogP contribution in [0.2, 0.25) is 0 Å². The Hall–Kier alpha value is -1.43. The van der Waals surface area contributed by atoms with Gasteiger partial charge in [-0.25, -0.2) is 4.39 Å². The van der Waals surface area contributed by atoms with Gasteiger partial charge in [-0.05, 0) is 53.9 Å². The Morgan fingerprint density at radius 3 is 2.43 bits per heavy atom. The Morgan fingerprint density at radius 2 is 1.95 bits per heavy atom. The number of aliphatic carboxylic acids is 1. The predicted octanol–water partition coefficient (Wildman–Crippen LogP) is 3.09. The molecule has 1 amide bonds. The second-order valence-electron chi connectivity index (χ2n) is 5.31. The fourth-order valence-corrected chi connectivity index (χ4v) is 2.48. The minimum absolute atomic E-state index is 0.184. The lowest BCUT2D eigenvalue weighted by Crippen LogP contribution is -2.43. The van der Waals surface area contributed by atoms with Crippen molar-refractivity contribution in [3.63, 3.8) is 0 Å². The van der Waals surface area contributed by atoms with Crippen LogP contribution in [0.25, 0.3) is 0 Å². The molecule has 1 N–H and O–H groups in total. The molecule has 0 spiro atoms. The number of halogens is 2. The SMILES string of the molecule is CC(Cc1ccc(F)c(Br)c1)C(=O)N(CC(=O)O)C(C)C. The van der Waals surface area contributed by atoms with Crippen LogP contribution in [0.3, 0.4) is 0 Å². The average molecular weight is 360 g/mol. The van der Waals surface area contributed by atoms with Crippen LogP contribution in [0, 0.1) is 11.7 Å². The van der Waals surface area contributed by atoms with Crippen LogP contribution >= 0.6 is 15.9 Å². The summed E-state index contributed by atoms with van der Waals surface area (Å²) in [6.07, 6.45) is 0.431. The van der Waals surface area contributed by atoms with Gasteiger partial charge < -0.3 is 10.0 Å². The molecule has 0 aliphatic heterocycles. The van der Waals surface area contributed by atoms with Crippen molar-refractivity contribution in [3.8, 4) is 0 Å². The summed E-state index contributed by atoms with van der Waals surface area (Å²) in [6, 6.07) is 4.42. The smallest absolute Gasteiger partial charge is 0.323 e. The molecule has 4 nitrogen and oxygen atoms in total. The molecule has 0 fully saturated rings. The van der Waals surface area contributed by atoms with Gasteiger partial charge in [-0.3, -0.25) is 9.59 Å². The number of carboxylic acid groups (broad SMARTS) is 1. The van der Waals surface area contributed by atoms with Gasteiger partial charge >= 0.3 is 5.97 Å². The Kier molecular flexibility index (Phi) is 6.33. The molecule has 0 bridgehead atoms. The molecule has 116 valence electrons. The molecule has 0 aromatic heterocycles. The second-order valence-corrected chi connectivity index (χ2v) is 6.16. The van der Waals surface area contributed by atoms with Gasteiger partial charge in [-0.2, -0.15) is 0 Å². The van der Waals surface area contributed by atoms with Crippen molar-refractivity contribution in [2.24, 2.45) is 5.92 Å². The monoisotopic (exact) mass is 359 g/mol. The number of rotatable bonds is 6. The van der Waals surface area contributed by atoms with Crippen molar-refractivity contribution in [2.45, 2.75) is 33.2 Å². The minimum atomic E-state index is -1.03. The second kappa shape index (κ2) is 7.54. The first kappa shape index (κ1) is 17.6. The maximum atomic E-state index is 13.2. The third-order valence-electron chi connectivity index (χ3n) is 3.16. The number of benzene rings is 1. The van der Waals surface area contributed by atoms with Crippen LogP contribution in [-0.2, 0) is 16.0 Å². The molecule has 0 saturated heterocycles. The molecule has 6 heteroatoms. The van der Waals surface area contributed by atoms with E-state index in [4.69, 9.17) is 5.11 Å². The Balaban J connectivity index is 2.80. The van der Waals surface area contributed by atoms with Gasteiger partial charge in [0.1, 0.15) is 12.4 Å². The topological polar surface area (TPSA) is 57.6 Å². The zero-order valence-electron chi connectivity index (χ0n) is 12.3. The summed E-state index contributed by atoms with van der Waals surface area (Å²) in [5.41, 5.74) is 0.822. The van der Waals surface area contributed by atoms with E-state index in [0.717, 1.165) is 5.56 Å². The molecule has 0 aliphatic carbocycles. The van der Waals surface area contributed by atoms with Gasteiger partial charge in [0.2, 0.25) is 5.91 Å². The van der Waals surface area contributed by atoms with E-state index < -0.39 is 5.97 Å². The fraction of sp³-hybridized carbons (Fsp3) is 0.467. The van der Waals surface area contributed by atoms with Crippen LogP contribution in [0.5, 0.6) is 0 Å². The fourth-order valence-electron chi connectivity index (χ4n) is 2.05. The summed E-state index contributed by atoms with van der Waals surface area (Å²) in [7, 11) is 0. The normalized spacial score (nSPS) is 12.3. The molecule has 1 rings (SSSR count). The highest BCUT2D eigenvalue weighted by Crippen LogP contribution is 2.20. The van der Waals surface area contributed by atoms with Crippen molar-refractivity contribution < 1.29 is 19.1 Å². The number of nitrogens with zero attached hydrogens (tertiary/aromatic N) is 1. The summed E-state index contributed by atoms with van der Waals surface area (Å²) in [5.74, 6) is -1.97. The van der Waals surface area contributed by atoms with Gasteiger partial charge in [-0.1, -0.05) is 13.0 Å². The third-order valence-corrected chi connectivity index (χ3v) is 3.77. The average Bonchev–Trinajstić information content (AvgIpc) is 2.39. The quantitative estimate of drug-likeness (QED) is 0.848. The Morgan fingerprint density at radius 1 is 1.33 bits per heavy atom. The lowest BCUT2D eigenvalue weighted by atomic mass is 9.99. The maximum Gasteiger partial charge on any atom is 0.323 e. The van der Waals surface area contributed by atoms with Gasteiger partial charge in [0.15, 0.2) is 0 Å². The number of hydrogen-bond acceptors (Lipinski definition) is 2. The highest BCUT2D eigenvalue weighted by Gasteiger charge is 2.25. The molecule has 21 heavy (non-hydrogen) atoms. The van der Waals surface area contributed by atoms with E-state index in [2.05, 4.69) is 15.9 Å². The standard InChI is InChI=1S/C15H19BrFNO3/c1-9(2)18(8-14(19)20)15(21)10(3)6-11-4-5-13(17)12(16)7-11/h4-5,7,9-10H,6,8H2,1-3H3,(H,19,20). The molecule has 1 atom stereocenters. The molecule has 1 aromatic rings. The molecule has 0 heterocycles.